The molecule has 1 aliphatic rings. The predicted octanol–water partition coefficient (Wildman–Crippen LogP) is 3.37. The molecule has 1 fully saturated rings. The molecule has 0 spiro atoms. The van der Waals surface area contributed by atoms with E-state index in [2.05, 4.69) is 23.5 Å². The standard InChI is InChI=1S/C18H21NO2/c1-3-21-17(20)18(2,19-14-11-12-14)16-10-6-8-13-7-4-5-9-15(13)16/h4-10,14,19H,3,11-12H2,1-2H3. The lowest BCUT2D eigenvalue weighted by Gasteiger charge is -2.30. The van der Waals surface area contributed by atoms with Gasteiger partial charge in [0.15, 0.2) is 0 Å². The first-order valence-corrected chi connectivity index (χ1v) is 7.58. The number of carbonyl (C=O) groups is 1. The molecule has 0 amide bonds. The number of hydrogen-bond donors (Lipinski definition) is 1. The van der Waals surface area contributed by atoms with E-state index in [1.54, 1.807) is 0 Å². The third-order valence-corrected chi connectivity index (χ3v) is 4.08. The Hall–Kier alpha value is -1.87. The van der Waals surface area contributed by atoms with E-state index in [0.29, 0.717) is 12.6 Å². The van der Waals surface area contributed by atoms with E-state index in [-0.39, 0.29) is 5.97 Å². The summed E-state index contributed by atoms with van der Waals surface area (Å²) in [5.41, 5.74) is 0.198. The highest BCUT2D eigenvalue weighted by molar-refractivity contribution is 5.93. The monoisotopic (exact) mass is 283 g/mol. The zero-order valence-corrected chi connectivity index (χ0v) is 12.6. The van der Waals surface area contributed by atoms with Gasteiger partial charge in [-0.25, -0.2) is 4.79 Å². The minimum Gasteiger partial charge on any atom is -0.464 e. The molecule has 0 saturated heterocycles. The van der Waals surface area contributed by atoms with Crippen molar-refractivity contribution in [1.82, 2.24) is 5.32 Å². The Labute approximate surface area is 125 Å². The van der Waals surface area contributed by atoms with Crippen LogP contribution in [0.3, 0.4) is 0 Å². The van der Waals surface area contributed by atoms with Crippen LogP contribution in [0.1, 0.15) is 32.3 Å². The van der Waals surface area contributed by atoms with Crippen LogP contribution in [0.15, 0.2) is 42.5 Å². The van der Waals surface area contributed by atoms with E-state index in [9.17, 15) is 4.79 Å². The molecule has 0 bridgehead atoms. The highest BCUT2D eigenvalue weighted by atomic mass is 16.5. The number of hydrogen-bond acceptors (Lipinski definition) is 3. The zero-order chi connectivity index (χ0) is 14.9. The number of ether oxygens (including phenoxy) is 1. The SMILES string of the molecule is CCOC(=O)C(C)(NC1CC1)c1cccc2ccccc12. The molecular weight excluding hydrogens is 262 g/mol. The van der Waals surface area contributed by atoms with Gasteiger partial charge in [0.2, 0.25) is 0 Å². The molecule has 110 valence electrons. The lowest BCUT2D eigenvalue weighted by Crippen LogP contribution is -2.49. The number of rotatable bonds is 5. The highest BCUT2D eigenvalue weighted by Crippen LogP contribution is 2.33. The van der Waals surface area contributed by atoms with E-state index in [4.69, 9.17) is 4.74 Å². The van der Waals surface area contributed by atoms with Crippen molar-refractivity contribution in [1.29, 1.82) is 0 Å². The number of esters is 1. The maximum absolute atomic E-state index is 12.6. The Bertz CT molecular complexity index is 658. The van der Waals surface area contributed by atoms with Gasteiger partial charge in [0.1, 0.15) is 5.54 Å². The van der Waals surface area contributed by atoms with Gasteiger partial charge in [-0.05, 0) is 43.0 Å². The topological polar surface area (TPSA) is 38.3 Å². The summed E-state index contributed by atoms with van der Waals surface area (Å²) in [6, 6.07) is 14.7. The molecule has 1 atom stereocenters. The van der Waals surface area contributed by atoms with Crippen molar-refractivity contribution in [2.24, 2.45) is 0 Å². The molecule has 0 aliphatic heterocycles. The Kier molecular flexibility index (Phi) is 3.68. The van der Waals surface area contributed by atoms with E-state index in [1.807, 2.05) is 38.1 Å². The van der Waals surface area contributed by atoms with Crippen LogP contribution in [0, 0.1) is 0 Å². The van der Waals surface area contributed by atoms with Crippen molar-refractivity contribution in [3.63, 3.8) is 0 Å². The summed E-state index contributed by atoms with van der Waals surface area (Å²) in [7, 11) is 0. The van der Waals surface area contributed by atoms with Gasteiger partial charge in [0.05, 0.1) is 6.61 Å². The molecule has 3 rings (SSSR count). The number of carbonyl (C=O) groups excluding carboxylic acids is 1. The molecule has 2 aromatic carbocycles. The molecular formula is C18H21NO2. The van der Waals surface area contributed by atoms with Gasteiger partial charge in [0.25, 0.3) is 0 Å². The lowest BCUT2D eigenvalue weighted by molar-refractivity contribution is -0.151. The molecule has 3 heteroatoms. The van der Waals surface area contributed by atoms with Crippen LogP contribution < -0.4 is 5.32 Å². The molecule has 0 radical (unpaired) electrons. The fourth-order valence-corrected chi connectivity index (χ4v) is 2.82. The van der Waals surface area contributed by atoms with Crippen molar-refractivity contribution in [2.75, 3.05) is 6.61 Å². The summed E-state index contributed by atoms with van der Waals surface area (Å²) >= 11 is 0. The summed E-state index contributed by atoms with van der Waals surface area (Å²) in [4.78, 5) is 12.6. The van der Waals surface area contributed by atoms with E-state index in [0.717, 1.165) is 29.2 Å². The zero-order valence-electron chi connectivity index (χ0n) is 12.6. The normalized spacial score (nSPS) is 17.4. The molecule has 0 heterocycles. The van der Waals surface area contributed by atoms with Gasteiger partial charge in [-0.3, -0.25) is 5.32 Å². The number of benzene rings is 2. The van der Waals surface area contributed by atoms with E-state index in [1.165, 1.54) is 0 Å². The maximum atomic E-state index is 12.6. The third-order valence-electron chi connectivity index (χ3n) is 4.08. The molecule has 1 N–H and O–H groups in total. The van der Waals surface area contributed by atoms with Crippen molar-refractivity contribution in [3.8, 4) is 0 Å². The summed E-state index contributed by atoms with van der Waals surface area (Å²) < 4.78 is 5.34. The molecule has 1 aliphatic carbocycles. The van der Waals surface area contributed by atoms with E-state index < -0.39 is 5.54 Å². The van der Waals surface area contributed by atoms with Gasteiger partial charge in [-0.15, -0.1) is 0 Å². The van der Waals surface area contributed by atoms with Crippen molar-refractivity contribution < 1.29 is 9.53 Å². The summed E-state index contributed by atoms with van der Waals surface area (Å²) in [6.45, 7) is 4.18. The Morgan fingerprint density at radius 2 is 1.95 bits per heavy atom. The summed E-state index contributed by atoms with van der Waals surface area (Å²) in [6.07, 6.45) is 2.25. The minimum absolute atomic E-state index is 0.201. The van der Waals surface area contributed by atoms with Crippen molar-refractivity contribution in [2.45, 2.75) is 38.3 Å². The Morgan fingerprint density at radius 3 is 2.67 bits per heavy atom. The second kappa shape index (κ2) is 5.49. The third kappa shape index (κ3) is 2.66. The minimum atomic E-state index is -0.794. The molecule has 1 unspecified atom stereocenters. The second-order valence-electron chi connectivity index (χ2n) is 5.79. The van der Waals surface area contributed by atoms with Crippen LogP contribution in [0.5, 0.6) is 0 Å². The first-order chi connectivity index (χ1) is 10.1. The summed E-state index contributed by atoms with van der Waals surface area (Å²) in [5, 5.41) is 5.73. The fourth-order valence-electron chi connectivity index (χ4n) is 2.82. The second-order valence-corrected chi connectivity index (χ2v) is 5.79. The van der Waals surface area contributed by atoms with Crippen LogP contribution in [0.25, 0.3) is 10.8 Å². The maximum Gasteiger partial charge on any atom is 0.330 e. The van der Waals surface area contributed by atoms with Crippen LogP contribution in [0.4, 0.5) is 0 Å². The lowest BCUT2D eigenvalue weighted by atomic mass is 9.87. The quantitative estimate of drug-likeness (QED) is 0.855. The Morgan fingerprint density at radius 1 is 1.24 bits per heavy atom. The fraction of sp³-hybridized carbons (Fsp3) is 0.389. The largest absolute Gasteiger partial charge is 0.464 e. The smallest absolute Gasteiger partial charge is 0.330 e. The molecule has 0 aromatic heterocycles. The van der Waals surface area contributed by atoms with Crippen LogP contribution in [-0.2, 0) is 15.1 Å². The van der Waals surface area contributed by atoms with Gasteiger partial charge < -0.3 is 4.74 Å². The first kappa shape index (κ1) is 14.1. The first-order valence-electron chi connectivity index (χ1n) is 7.58. The van der Waals surface area contributed by atoms with Crippen LogP contribution >= 0.6 is 0 Å². The van der Waals surface area contributed by atoms with Crippen molar-refractivity contribution >= 4 is 16.7 Å². The summed E-state index contributed by atoms with van der Waals surface area (Å²) in [5.74, 6) is -0.201. The van der Waals surface area contributed by atoms with Gasteiger partial charge in [-0.1, -0.05) is 42.5 Å². The van der Waals surface area contributed by atoms with Crippen LogP contribution in [-0.4, -0.2) is 18.6 Å². The average Bonchev–Trinajstić information content (AvgIpc) is 3.30. The number of nitrogens with one attached hydrogen (secondary N) is 1. The Balaban J connectivity index is 2.11. The van der Waals surface area contributed by atoms with Gasteiger partial charge in [-0.2, -0.15) is 0 Å². The van der Waals surface area contributed by atoms with E-state index >= 15 is 0 Å². The highest BCUT2D eigenvalue weighted by Gasteiger charge is 2.42. The predicted molar refractivity (Wildman–Crippen MR) is 84.1 cm³/mol. The average molecular weight is 283 g/mol. The molecule has 21 heavy (non-hydrogen) atoms. The number of fused-ring (bicyclic) bond motifs is 1. The molecule has 3 nitrogen and oxygen atoms in total. The molecule has 1 saturated carbocycles. The molecule has 2 aromatic rings. The van der Waals surface area contributed by atoms with Crippen LogP contribution in [0.2, 0.25) is 0 Å². The van der Waals surface area contributed by atoms with Gasteiger partial charge >= 0.3 is 5.97 Å². The van der Waals surface area contributed by atoms with Crippen molar-refractivity contribution in [3.05, 3.63) is 48.0 Å². The van der Waals surface area contributed by atoms with Gasteiger partial charge in [0, 0.05) is 6.04 Å².